The fourth-order valence-electron chi connectivity index (χ4n) is 2.11. The van der Waals surface area contributed by atoms with E-state index in [0.717, 1.165) is 11.4 Å². The SMILES string of the molecule is Cc1nc(Nc2cccc(Cl)c2)cc(Nc2ccccc2Cl)n1. The van der Waals surface area contributed by atoms with E-state index in [-0.39, 0.29) is 0 Å². The molecular weight excluding hydrogens is 331 g/mol. The summed E-state index contributed by atoms with van der Waals surface area (Å²) in [6.45, 7) is 1.83. The number of aromatic nitrogens is 2. The van der Waals surface area contributed by atoms with E-state index in [1.54, 1.807) is 0 Å². The molecule has 0 aliphatic carbocycles. The molecule has 2 N–H and O–H groups in total. The van der Waals surface area contributed by atoms with E-state index in [0.29, 0.717) is 27.5 Å². The molecule has 0 amide bonds. The highest BCUT2D eigenvalue weighted by Gasteiger charge is 2.05. The molecule has 3 aromatic rings. The van der Waals surface area contributed by atoms with Crippen LogP contribution in [0.5, 0.6) is 0 Å². The summed E-state index contributed by atoms with van der Waals surface area (Å²) < 4.78 is 0. The van der Waals surface area contributed by atoms with E-state index in [1.807, 2.05) is 61.5 Å². The van der Waals surface area contributed by atoms with Gasteiger partial charge in [-0.15, -0.1) is 0 Å². The third-order valence-electron chi connectivity index (χ3n) is 3.07. The van der Waals surface area contributed by atoms with Gasteiger partial charge in [-0.25, -0.2) is 9.97 Å². The largest absolute Gasteiger partial charge is 0.340 e. The number of nitrogens with one attached hydrogen (secondary N) is 2. The fourth-order valence-corrected chi connectivity index (χ4v) is 2.48. The third-order valence-corrected chi connectivity index (χ3v) is 3.64. The van der Waals surface area contributed by atoms with E-state index < -0.39 is 0 Å². The predicted octanol–water partition coefficient (Wildman–Crippen LogP) is 5.58. The zero-order valence-electron chi connectivity index (χ0n) is 12.3. The molecule has 2 aromatic carbocycles. The zero-order valence-corrected chi connectivity index (χ0v) is 13.9. The molecule has 0 unspecified atom stereocenters. The highest BCUT2D eigenvalue weighted by Crippen LogP contribution is 2.26. The number of nitrogens with zero attached hydrogens (tertiary/aromatic N) is 2. The van der Waals surface area contributed by atoms with Crippen LogP contribution < -0.4 is 10.6 Å². The Morgan fingerprint density at radius 3 is 2.30 bits per heavy atom. The number of anilines is 4. The zero-order chi connectivity index (χ0) is 16.2. The molecule has 0 atom stereocenters. The molecule has 0 bridgehead atoms. The molecule has 23 heavy (non-hydrogen) atoms. The van der Waals surface area contributed by atoms with Gasteiger partial charge in [-0.05, 0) is 37.3 Å². The van der Waals surface area contributed by atoms with Crippen LogP contribution >= 0.6 is 23.2 Å². The summed E-state index contributed by atoms with van der Waals surface area (Å²) in [5.74, 6) is 1.98. The maximum absolute atomic E-state index is 6.16. The maximum atomic E-state index is 6.16. The Morgan fingerprint density at radius 2 is 1.57 bits per heavy atom. The van der Waals surface area contributed by atoms with Crippen molar-refractivity contribution in [1.82, 2.24) is 9.97 Å². The summed E-state index contributed by atoms with van der Waals surface area (Å²) in [7, 11) is 0. The Hall–Kier alpha value is -2.30. The molecule has 0 saturated carbocycles. The Morgan fingerprint density at radius 1 is 0.826 bits per heavy atom. The lowest BCUT2D eigenvalue weighted by atomic mass is 10.3. The number of aryl methyl sites for hydroxylation is 1. The first-order valence-corrected chi connectivity index (χ1v) is 7.75. The van der Waals surface area contributed by atoms with Crippen molar-refractivity contribution in [2.75, 3.05) is 10.6 Å². The lowest BCUT2D eigenvalue weighted by molar-refractivity contribution is 1.06. The van der Waals surface area contributed by atoms with Gasteiger partial charge < -0.3 is 10.6 Å². The van der Waals surface area contributed by atoms with Gasteiger partial charge in [0.25, 0.3) is 0 Å². The second kappa shape index (κ2) is 6.86. The maximum Gasteiger partial charge on any atom is 0.136 e. The molecule has 1 aromatic heterocycles. The molecule has 4 nitrogen and oxygen atoms in total. The van der Waals surface area contributed by atoms with E-state index in [9.17, 15) is 0 Å². The van der Waals surface area contributed by atoms with Crippen molar-refractivity contribution in [3.8, 4) is 0 Å². The predicted molar refractivity (Wildman–Crippen MR) is 96.2 cm³/mol. The fraction of sp³-hybridized carbons (Fsp3) is 0.0588. The second-order valence-electron chi connectivity index (χ2n) is 4.93. The van der Waals surface area contributed by atoms with Crippen LogP contribution in [0.15, 0.2) is 54.6 Å². The Kier molecular flexibility index (Phi) is 4.65. The van der Waals surface area contributed by atoms with E-state index in [2.05, 4.69) is 20.6 Å². The smallest absolute Gasteiger partial charge is 0.136 e. The van der Waals surface area contributed by atoms with Gasteiger partial charge in [0.05, 0.1) is 10.7 Å². The number of hydrogen-bond donors (Lipinski definition) is 2. The number of hydrogen-bond acceptors (Lipinski definition) is 4. The number of benzene rings is 2. The van der Waals surface area contributed by atoms with Gasteiger partial charge in [0.1, 0.15) is 17.5 Å². The molecule has 3 rings (SSSR count). The lowest BCUT2D eigenvalue weighted by Gasteiger charge is -2.11. The molecule has 0 spiro atoms. The second-order valence-corrected chi connectivity index (χ2v) is 5.77. The summed E-state index contributed by atoms with van der Waals surface area (Å²) >= 11 is 12.2. The molecule has 0 fully saturated rings. The van der Waals surface area contributed by atoms with E-state index in [4.69, 9.17) is 23.2 Å². The normalized spacial score (nSPS) is 10.4. The Balaban J connectivity index is 1.86. The lowest BCUT2D eigenvalue weighted by Crippen LogP contribution is -2.01. The number of rotatable bonds is 4. The first kappa shape index (κ1) is 15.6. The molecule has 0 aliphatic heterocycles. The van der Waals surface area contributed by atoms with Crippen molar-refractivity contribution in [1.29, 1.82) is 0 Å². The summed E-state index contributed by atoms with van der Waals surface area (Å²) in [6.07, 6.45) is 0. The van der Waals surface area contributed by atoms with Gasteiger partial charge in [0, 0.05) is 16.8 Å². The minimum absolute atomic E-state index is 0.633. The topological polar surface area (TPSA) is 49.8 Å². The minimum atomic E-state index is 0.633. The molecular formula is C17H14Cl2N4. The van der Waals surface area contributed by atoms with Crippen LogP contribution in [-0.2, 0) is 0 Å². The minimum Gasteiger partial charge on any atom is -0.340 e. The first-order valence-electron chi connectivity index (χ1n) is 7.00. The highest BCUT2D eigenvalue weighted by atomic mass is 35.5. The summed E-state index contributed by atoms with van der Waals surface area (Å²) in [4.78, 5) is 8.77. The average molecular weight is 345 g/mol. The van der Waals surface area contributed by atoms with E-state index in [1.165, 1.54) is 0 Å². The van der Waals surface area contributed by atoms with Gasteiger partial charge in [-0.1, -0.05) is 41.4 Å². The Labute approximate surface area is 144 Å². The van der Waals surface area contributed by atoms with E-state index >= 15 is 0 Å². The molecule has 1 heterocycles. The average Bonchev–Trinajstić information content (AvgIpc) is 2.49. The standard InChI is InChI=1S/C17H14Cl2N4/c1-11-20-16(22-13-6-4-5-12(18)9-13)10-17(21-11)23-15-8-3-2-7-14(15)19/h2-10H,1H3,(H2,20,21,22,23). The number of para-hydroxylation sites is 1. The van der Waals surface area contributed by atoms with Gasteiger partial charge in [0.2, 0.25) is 0 Å². The van der Waals surface area contributed by atoms with Gasteiger partial charge in [0.15, 0.2) is 0 Å². The summed E-state index contributed by atoms with van der Waals surface area (Å²) in [6, 6.07) is 16.8. The Bertz CT molecular complexity index is 836. The van der Waals surface area contributed by atoms with Crippen LogP contribution in [-0.4, -0.2) is 9.97 Å². The number of halogens is 2. The van der Waals surface area contributed by atoms with Crippen LogP contribution in [0.1, 0.15) is 5.82 Å². The first-order chi connectivity index (χ1) is 11.1. The van der Waals surface area contributed by atoms with Crippen molar-refractivity contribution < 1.29 is 0 Å². The van der Waals surface area contributed by atoms with Gasteiger partial charge in [-0.2, -0.15) is 0 Å². The van der Waals surface area contributed by atoms with Gasteiger partial charge in [-0.3, -0.25) is 0 Å². The molecule has 116 valence electrons. The van der Waals surface area contributed by atoms with Crippen molar-refractivity contribution in [2.24, 2.45) is 0 Å². The molecule has 0 radical (unpaired) electrons. The van der Waals surface area contributed by atoms with Crippen molar-refractivity contribution in [3.05, 3.63) is 70.5 Å². The van der Waals surface area contributed by atoms with Crippen molar-refractivity contribution >= 4 is 46.2 Å². The third kappa shape index (κ3) is 4.12. The van der Waals surface area contributed by atoms with Crippen LogP contribution in [0.25, 0.3) is 0 Å². The molecule has 6 heteroatoms. The summed E-state index contributed by atoms with van der Waals surface area (Å²) in [5, 5.41) is 7.71. The monoisotopic (exact) mass is 344 g/mol. The van der Waals surface area contributed by atoms with Crippen LogP contribution in [0.3, 0.4) is 0 Å². The van der Waals surface area contributed by atoms with Crippen LogP contribution in [0.4, 0.5) is 23.0 Å². The summed E-state index contributed by atoms with van der Waals surface area (Å²) in [5.41, 5.74) is 1.65. The molecule has 0 aliphatic rings. The molecule has 0 saturated heterocycles. The highest BCUT2D eigenvalue weighted by molar-refractivity contribution is 6.33. The van der Waals surface area contributed by atoms with Crippen LogP contribution in [0.2, 0.25) is 10.0 Å². The van der Waals surface area contributed by atoms with Gasteiger partial charge >= 0.3 is 0 Å². The van der Waals surface area contributed by atoms with Crippen molar-refractivity contribution in [3.63, 3.8) is 0 Å². The quantitative estimate of drug-likeness (QED) is 0.648. The van der Waals surface area contributed by atoms with Crippen LogP contribution in [0, 0.1) is 6.92 Å². The van der Waals surface area contributed by atoms with Crippen molar-refractivity contribution in [2.45, 2.75) is 6.92 Å².